The lowest BCUT2D eigenvalue weighted by Crippen LogP contribution is -2.46. The first-order chi connectivity index (χ1) is 23.3. The molecule has 1 saturated carbocycles. The Morgan fingerprint density at radius 1 is 1.15 bits per heavy atom. The van der Waals surface area contributed by atoms with Gasteiger partial charge in [0.25, 0.3) is 0 Å². The van der Waals surface area contributed by atoms with E-state index < -0.39 is 11.6 Å². The minimum absolute atomic E-state index is 0.00450. The van der Waals surface area contributed by atoms with Crippen molar-refractivity contribution < 1.29 is 27.8 Å². The van der Waals surface area contributed by atoms with E-state index in [1.807, 2.05) is 0 Å². The second kappa shape index (κ2) is 12.5. The number of carbonyl (C=O) groups is 1. The summed E-state index contributed by atoms with van der Waals surface area (Å²) < 4.78 is 50.0. The van der Waals surface area contributed by atoms with Crippen LogP contribution in [0.15, 0.2) is 31.0 Å². The maximum Gasteiger partial charge on any atom is 0.243 e. The van der Waals surface area contributed by atoms with Gasteiger partial charge in [-0.3, -0.25) is 14.7 Å². The van der Waals surface area contributed by atoms with Gasteiger partial charge in [0.1, 0.15) is 23.1 Å². The second-order valence-corrected chi connectivity index (χ2v) is 14.1. The Kier molecular flexibility index (Phi) is 8.14. The van der Waals surface area contributed by atoms with E-state index in [4.69, 9.17) is 24.9 Å². The number of hydrogen-bond donors (Lipinski definition) is 2. The number of aromatic nitrogens is 3. The molecule has 0 radical (unpaired) electrons. The minimum atomic E-state index is -0.654. The van der Waals surface area contributed by atoms with Gasteiger partial charge >= 0.3 is 0 Å². The summed E-state index contributed by atoms with van der Waals surface area (Å²) in [6.07, 6.45) is 6.45. The van der Waals surface area contributed by atoms with Gasteiger partial charge in [-0.05, 0) is 43.9 Å². The highest BCUT2D eigenvalue weighted by atomic mass is 32.1. The van der Waals surface area contributed by atoms with Crippen molar-refractivity contribution in [3.05, 3.63) is 48.2 Å². The van der Waals surface area contributed by atoms with E-state index in [0.29, 0.717) is 49.6 Å². The zero-order valence-electron chi connectivity index (χ0n) is 26.5. The fraction of sp³-hybridized carbons (Fsp3) is 0.471. The number of benzene rings is 1. The summed E-state index contributed by atoms with van der Waals surface area (Å²) in [5, 5.41) is 3.66. The van der Waals surface area contributed by atoms with Crippen molar-refractivity contribution in [2.75, 3.05) is 69.8 Å². The van der Waals surface area contributed by atoms with Crippen molar-refractivity contribution in [3.63, 3.8) is 0 Å². The van der Waals surface area contributed by atoms with Crippen LogP contribution in [0.2, 0.25) is 0 Å². The predicted molar refractivity (Wildman–Crippen MR) is 179 cm³/mol. The summed E-state index contributed by atoms with van der Waals surface area (Å²) in [6.45, 7) is 9.47. The quantitative estimate of drug-likeness (QED) is 0.276. The number of halogens is 2. The largest absolute Gasteiger partial charge is 0.473 e. The number of amides is 1. The first-order valence-corrected chi connectivity index (χ1v) is 17.2. The van der Waals surface area contributed by atoms with Crippen LogP contribution in [0.25, 0.3) is 32.4 Å². The van der Waals surface area contributed by atoms with Crippen LogP contribution in [0.4, 0.5) is 19.6 Å². The summed E-state index contributed by atoms with van der Waals surface area (Å²) >= 11 is 1.01. The van der Waals surface area contributed by atoms with Crippen LogP contribution in [0.3, 0.4) is 0 Å². The highest BCUT2D eigenvalue weighted by Crippen LogP contribution is 2.54. The number of rotatable bonds is 7. The van der Waals surface area contributed by atoms with E-state index in [1.54, 1.807) is 6.20 Å². The van der Waals surface area contributed by atoms with Gasteiger partial charge in [0.15, 0.2) is 10.9 Å². The number of nitrogens with zero attached hydrogens (tertiary/aromatic N) is 5. The highest BCUT2D eigenvalue weighted by molar-refractivity contribution is 7.22. The van der Waals surface area contributed by atoms with Gasteiger partial charge in [-0.25, -0.2) is 18.7 Å². The molecule has 0 bridgehead atoms. The molecule has 3 aromatic heterocycles. The molecule has 0 unspecified atom stereocenters. The first kappa shape index (κ1) is 31.3. The molecule has 14 heteroatoms. The first-order valence-electron chi connectivity index (χ1n) is 16.4. The molecule has 1 aliphatic carbocycles. The fourth-order valence-electron chi connectivity index (χ4n) is 7.46. The Labute approximate surface area is 280 Å². The number of nitrogens with two attached hydrogens (primary N) is 1. The van der Waals surface area contributed by atoms with Crippen molar-refractivity contribution in [1.29, 1.82) is 0 Å². The van der Waals surface area contributed by atoms with Crippen molar-refractivity contribution in [1.82, 2.24) is 25.2 Å². The zero-order chi connectivity index (χ0) is 33.0. The summed E-state index contributed by atoms with van der Waals surface area (Å²) in [7, 11) is 0. The van der Waals surface area contributed by atoms with Gasteiger partial charge in [0.2, 0.25) is 11.8 Å². The van der Waals surface area contributed by atoms with Gasteiger partial charge in [-0.15, -0.1) is 0 Å². The number of morpholine rings is 1. The number of thiazole rings is 1. The van der Waals surface area contributed by atoms with E-state index in [1.165, 1.54) is 18.2 Å². The van der Waals surface area contributed by atoms with Gasteiger partial charge in [-0.1, -0.05) is 17.9 Å². The molecule has 2 atom stereocenters. The Morgan fingerprint density at radius 2 is 1.96 bits per heavy atom. The van der Waals surface area contributed by atoms with Crippen molar-refractivity contribution in [2.24, 2.45) is 5.41 Å². The zero-order valence-corrected chi connectivity index (χ0v) is 27.3. The standard InChI is InChI=1S/C34H37F2N7O4S/c1-2-25(44)39-19-16-43(11-14-46-17-19)30-21-4-6-24(34(7-8-34)18-42-9-12-45-13-10-42)47-32(21)40-28-22(30)15-38-27(26(28)36)20-3-5-23(35)31-29(20)41-33(37)48-31/h2-3,5,15,19,24H,1,4,6-14,16-18H2,(H2,37,41)(H,39,44)/t19-,24-/m1/s1. The van der Waals surface area contributed by atoms with E-state index in [9.17, 15) is 9.18 Å². The number of ether oxygens (including phenoxy) is 3. The molecule has 1 amide bonds. The van der Waals surface area contributed by atoms with E-state index in [0.717, 1.165) is 74.7 Å². The number of fused-ring (bicyclic) bond motifs is 3. The number of nitrogens with one attached hydrogen (secondary N) is 1. The number of nitrogen functional groups attached to an aromatic ring is 1. The molecule has 2 saturated heterocycles. The van der Waals surface area contributed by atoms with Crippen LogP contribution in [0.1, 0.15) is 24.8 Å². The summed E-state index contributed by atoms with van der Waals surface area (Å²) in [5.41, 5.74) is 8.30. The Bertz CT molecular complexity index is 1910. The molecule has 3 fully saturated rings. The van der Waals surface area contributed by atoms with Crippen LogP contribution in [0, 0.1) is 17.0 Å². The topological polar surface area (TPSA) is 128 Å². The number of anilines is 2. The molecule has 11 nitrogen and oxygen atoms in total. The smallest absolute Gasteiger partial charge is 0.243 e. The van der Waals surface area contributed by atoms with Crippen LogP contribution in [-0.4, -0.2) is 97.1 Å². The Hall–Kier alpha value is -3.98. The van der Waals surface area contributed by atoms with E-state index in [2.05, 4.69) is 31.7 Å². The van der Waals surface area contributed by atoms with Crippen molar-refractivity contribution >= 4 is 49.2 Å². The third-order valence-corrected chi connectivity index (χ3v) is 10.9. The summed E-state index contributed by atoms with van der Waals surface area (Å²) in [6, 6.07) is 2.43. The number of pyridine rings is 2. The molecule has 0 spiro atoms. The molecule has 3 aliphatic heterocycles. The van der Waals surface area contributed by atoms with Crippen molar-refractivity contribution in [3.8, 4) is 17.1 Å². The van der Waals surface area contributed by atoms with Gasteiger partial charge in [0, 0.05) is 60.8 Å². The van der Waals surface area contributed by atoms with Crippen LogP contribution in [-0.2, 0) is 20.7 Å². The van der Waals surface area contributed by atoms with E-state index >= 15 is 4.39 Å². The van der Waals surface area contributed by atoms with Gasteiger partial charge in [0.05, 0.1) is 48.4 Å². The second-order valence-electron chi connectivity index (χ2n) is 13.1. The molecule has 6 heterocycles. The fourth-order valence-corrected chi connectivity index (χ4v) is 8.22. The van der Waals surface area contributed by atoms with Crippen molar-refractivity contribution in [2.45, 2.75) is 37.8 Å². The van der Waals surface area contributed by atoms with E-state index in [-0.39, 0.29) is 50.0 Å². The summed E-state index contributed by atoms with van der Waals surface area (Å²) in [4.78, 5) is 30.6. The highest BCUT2D eigenvalue weighted by Gasteiger charge is 2.53. The molecule has 1 aromatic carbocycles. The maximum atomic E-state index is 16.9. The Morgan fingerprint density at radius 3 is 2.75 bits per heavy atom. The molecular formula is C34H37F2N7O4S. The lowest BCUT2D eigenvalue weighted by molar-refractivity contribution is -0.117. The average molecular weight is 678 g/mol. The lowest BCUT2D eigenvalue weighted by Gasteiger charge is -2.38. The van der Waals surface area contributed by atoms with Gasteiger partial charge in [-0.2, -0.15) is 0 Å². The molecule has 4 aromatic rings. The maximum absolute atomic E-state index is 16.9. The van der Waals surface area contributed by atoms with Gasteiger partial charge < -0.3 is 30.2 Å². The van der Waals surface area contributed by atoms with Crippen LogP contribution >= 0.6 is 11.3 Å². The number of carbonyl (C=O) groups excluding carboxylic acids is 1. The Balaban J connectivity index is 1.23. The van der Waals surface area contributed by atoms with Crippen LogP contribution < -0.4 is 20.7 Å². The lowest BCUT2D eigenvalue weighted by atomic mass is 9.89. The third-order valence-electron chi connectivity index (χ3n) is 10.0. The number of hydrogen-bond acceptors (Lipinski definition) is 11. The molecular weight excluding hydrogens is 640 g/mol. The molecule has 4 aliphatic rings. The third kappa shape index (κ3) is 5.63. The molecule has 3 N–H and O–H groups in total. The molecule has 48 heavy (non-hydrogen) atoms. The average Bonchev–Trinajstić information content (AvgIpc) is 3.82. The molecule has 252 valence electrons. The SMILES string of the molecule is C=CC(=O)N[C@H]1COCCN(c2c3c(nc4c(F)c(-c5ccc(F)c6sc(N)nc56)ncc24)O[C@@H](C2(CN4CCOCC4)CC2)CC3)C1. The summed E-state index contributed by atoms with van der Waals surface area (Å²) in [5.74, 6) is -1.01. The molecule has 8 rings (SSSR count). The normalized spacial score (nSPS) is 22.6. The monoisotopic (exact) mass is 677 g/mol. The minimum Gasteiger partial charge on any atom is -0.473 e. The van der Waals surface area contributed by atoms with Crippen LogP contribution in [0.5, 0.6) is 5.88 Å². The predicted octanol–water partition coefficient (Wildman–Crippen LogP) is 4.08.